The van der Waals surface area contributed by atoms with Crippen LogP contribution < -0.4 is 10.1 Å². The highest BCUT2D eigenvalue weighted by Crippen LogP contribution is 2.28. The number of nitrogens with zero attached hydrogens (tertiary/aromatic N) is 3. The number of benzene rings is 2. The number of rotatable bonds is 6. The molecule has 0 bridgehead atoms. The summed E-state index contributed by atoms with van der Waals surface area (Å²) in [6, 6.07) is 12.3. The van der Waals surface area contributed by atoms with E-state index < -0.39 is 0 Å². The molecule has 0 aliphatic rings. The van der Waals surface area contributed by atoms with Gasteiger partial charge >= 0.3 is 0 Å². The van der Waals surface area contributed by atoms with E-state index in [1.54, 1.807) is 17.8 Å². The van der Waals surface area contributed by atoms with Crippen LogP contribution in [0.2, 0.25) is 0 Å². The Morgan fingerprint density at radius 1 is 1.20 bits per heavy atom. The predicted octanol–water partition coefficient (Wildman–Crippen LogP) is 4.54. The largest absolute Gasteiger partial charge is 0.496 e. The van der Waals surface area contributed by atoms with E-state index >= 15 is 0 Å². The molecule has 7 heteroatoms. The van der Waals surface area contributed by atoms with Gasteiger partial charge in [-0.25, -0.2) is 14.4 Å². The lowest BCUT2D eigenvalue weighted by Crippen LogP contribution is -2.01. The van der Waals surface area contributed by atoms with Crippen molar-refractivity contribution >= 4 is 23.4 Å². The van der Waals surface area contributed by atoms with Gasteiger partial charge in [-0.1, -0.05) is 12.1 Å². The quantitative estimate of drug-likeness (QED) is 0.698. The molecule has 5 nitrogen and oxygen atoms in total. The van der Waals surface area contributed by atoms with Gasteiger partial charge in [0.15, 0.2) is 5.82 Å². The monoisotopic (exact) mass is 358 g/mol. The Bertz CT molecular complexity index is 881. The standard InChI is InChI=1S/C18H17FN4OS.H2/c1-24-16-9-13(19)6-7-15(16)17-20-11-21-18(23-17)22-14-5-3-4-12(8-14)10-25-2;/h3-9,11H,10H2,1-2H3,(H,20,21,22,23);1H. The van der Waals surface area contributed by atoms with E-state index in [9.17, 15) is 4.39 Å². The maximum atomic E-state index is 13.4. The van der Waals surface area contributed by atoms with Gasteiger partial charge in [0.1, 0.15) is 17.9 Å². The van der Waals surface area contributed by atoms with Gasteiger partial charge in [0, 0.05) is 18.9 Å². The Morgan fingerprint density at radius 2 is 2.08 bits per heavy atom. The van der Waals surface area contributed by atoms with Crippen molar-refractivity contribution in [2.75, 3.05) is 18.7 Å². The van der Waals surface area contributed by atoms with E-state index in [4.69, 9.17) is 4.74 Å². The minimum Gasteiger partial charge on any atom is -0.496 e. The maximum absolute atomic E-state index is 13.4. The Balaban J connectivity index is 0.00000243. The van der Waals surface area contributed by atoms with E-state index in [0.717, 1.165) is 11.4 Å². The minimum absolute atomic E-state index is 0. The van der Waals surface area contributed by atoms with Gasteiger partial charge in [-0.05, 0) is 36.1 Å². The molecule has 0 spiro atoms. The molecule has 1 aromatic heterocycles. The summed E-state index contributed by atoms with van der Waals surface area (Å²) in [6.45, 7) is 0. The fourth-order valence-electron chi connectivity index (χ4n) is 2.37. The molecule has 0 saturated heterocycles. The number of aromatic nitrogens is 3. The fourth-order valence-corrected chi connectivity index (χ4v) is 2.88. The lowest BCUT2D eigenvalue weighted by molar-refractivity contribution is 0.412. The van der Waals surface area contributed by atoms with E-state index in [1.165, 1.54) is 31.1 Å². The molecule has 2 aromatic carbocycles. The van der Waals surface area contributed by atoms with E-state index in [2.05, 4.69) is 38.7 Å². The minimum atomic E-state index is -0.376. The van der Waals surface area contributed by atoms with Crippen molar-refractivity contribution in [2.24, 2.45) is 0 Å². The van der Waals surface area contributed by atoms with Crippen LogP contribution in [0.1, 0.15) is 6.99 Å². The first kappa shape index (κ1) is 17.2. The second-order valence-corrected chi connectivity index (χ2v) is 6.10. The summed E-state index contributed by atoms with van der Waals surface area (Å²) in [5.41, 5.74) is 2.72. The van der Waals surface area contributed by atoms with Gasteiger partial charge in [-0.3, -0.25) is 0 Å². The van der Waals surface area contributed by atoms with Gasteiger partial charge in [-0.2, -0.15) is 16.7 Å². The summed E-state index contributed by atoms with van der Waals surface area (Å²) in [6.07, 6.45) is 3.48. The van der Waals surface area contributed by atoms with Crippen molar-refractivity contribution in [1.82, 2.24) is 15.0 Å². The molecule has 0 amide bonds. The third-order valence-corrected chi connectivity index (χ3v) is 4.09. The summed E-state index contributed by atoms with van der Waals surface area (Å²) in [4.78, 5) is 12.7. The van der Waals surface area contributed by atoms with Gasteiger partial charge in [0.25, 0.3) is 0 Å². The number of ether oxygens (including phenoxy) is 1. The number of hydrogen-bond acceptors (Lipinski definition) is 6. The van der Waals surface area contributed by atoms with Crippen LogP contribution in [0.25, 0.3) is 11.4 Å². The van der Waals surface area contributed by atoms with E-state index in [0.29, 0.717) is 23.1 Å². The Hall–Kier alpha value is -2.67. The van der Waals surface area contributed by atoms with Crippen molar-refractivity contribution < 1.29 is 10.6 Å². The highest BCUT2D eigenvalue weighted by Gasteiger charge is 2.11. The molecule has 0 fully saturated rings. The normalized spacial score (nSPS) is 10.5. The molecule has 1 heterocycles. The lowest BCUT2D eigenvalue weighted by atomic mass is 10.2. The van der Waals surface area contributed by atoms with Crippen LogP contribution in [0, 0.1) is 5.82 Å². The van der Waals surface area contributed by atoms with Crippen LogP contribution in [0.5, 0.6) is 5.75 Å². The lowest BCUT2D eigenvalue weighted by Gasteiger charge is -2.09. The molecule has 0 aliphatic carbocycles. The summed E-state index contributed by atoms with van der Waals surface area (Å²) in [5.74, 6) is 1.76. The number of hydrogen-bond donors (Lipinski definition) is 1. The number of halogens is 1. The summed E-state index contributed by atoms with van der Waals surface area (Å²) < 4.78 is 18.6. The number of thioether (sulfide) groups is 1. The van der Waals surface area contributed by atoms with Gasteiger partial charge in [-0.15, -0.1) is 0 Å². The number of methoxy groups -OCH3 is 1. The average Bonchev–Trinajstić information content (AvgIpc) is 2.62. The molecule has 0 unspecified atom stereocenters. The summed E-state index contributed by atoms with van der Waals surface area (Å²) in [5, 5.41) is 3.18. The first-order valence-electron chi connectivity index (χ1n) is 7.57. The zero-order valence-corrected chi connectivity index (χ0v) is 14.7. The number of nitrogens with one attached hydrogen (secondary N) is 1. The van der Waals surface area contributed by atoms with Crippen LogP contribution in [0.4, 0.5) is 16.0 Å². The molecule has 0 radical (unpaired) electrons. The number of anilines is 2. The van der Waals surface area contributed by atoms with Gasteiger partial charge in [0.2, 0.25) is 5.95 Å². The first-order chi connectivity index (χ1) is 12.2. The summed E-state index contributed by atoms with van der Waals surface area (Å²) in [7, 11) is 1.48. The molecule has 0 atom stereocenters. The highest BCUT2D eigenvalue weighted by atomic mass is 32.2. The van der Waals surface area contributed by atoms with E-state index in [1.807, 2.05) is 12.1 Å². The Kier molecular flexibility index (Phi) is 5.45. The van der Waals surface area contributed by atoms with Crippen LogP contribution in [-0.2, 0) is 5.75 Å². The Labute approximate surface area is 151 Å². The molecular formula is C18H19FN4OS. The molecule has 3 rings (SSSR count). The van der Waals surface area contributed by atoms with Crippen molar-refractivity contribution in [3.8, 4) is 17.1 Å². The average molecular weight is 358 g/mol. The summed E-state index contributed by atoms with van der Waals surface area (Å²) >= 11 is 1.76. The zero-order valence-electron chi connectivity index (χ0n) is 13.9. The van der Waals surface area contributed by atoms with Gasteiger partial charge < -0.3 is 10.1 Å². The van der Waals surface area contributed by atoms with Crippen molar-refractivity contribution in [2.45, 2.75) is 5.75 Å². The second-order valence-electron chi connectivity index (χ2n) is 5.24. The molecule has 25 heavy (non-hydrogen) atoms. The highest BCUT2D eigenvalue weighted by molar-refractivity contribution is 7.97. The van der Waals surface area contributed by atoms with Crippen LogP contribution in [0.15, 0.2) is 48.8 Å². The van der Waals surface area contributed by atoms with Crippen LogP contribution in [0.3, 0.4) is 0 Å². The zero-order chi connectivity index (χ0) is 17.6. The fraction of sp³-hybridized carbons (Fsp3) is 0.167. The third-order valence-electron chi connectivity index (χ3n) is 3.47. The predicted molar refractivity (Wildman–Crippen MR) is 101 cm³/mol. The first-order valence-corrected chi connectivity index (χ1v) is 8.97. The smallest absolute Gasteiger partial charge is 0.230 e. The third kappa shape index (κ3) is 4.24. The molecule has 1 N–H and O–H groups in total. The molecular weight excluding hydrogens is 339 g/mol. The van der Waals surface area contributed by atoms with Crippen LogP contribution in [-0.4, -0.2) is 28.3 Å². The van der Waals surface area contributed by atoms with Crippen molar-refractivity contribution in [3.05, 3.63) is 60.2 Å². The molecule has 0 aliphatic heterocycles. The van der Waals surface area contributed by atoms with E-state index in [-0.39, 0.29) is 7.24 Å². The topological polar surface area (TPSA) is 59.9 Å². The SMILES string of the molecule is COc1cc(F)ccc1-c1ncnc(Nc2cccc(CSC)c2)n1.[HH]. The molecule has 130 valence electrons. The van der Waals surface area contributed by atoms with Gasteiger partial charge in [0.05, 0.1) is 12.7 Å². The molecule has 0 saturated carbocycles. The van der Waals surface area contributed by atoms with Crippen molar-refractivity contribution in [3.63, 3.8) is 0 Å². The Morgan fingerprint density at radius 3 is 2.88 bits per heavy atom. The van der Waals surface area contributed by atoms with Crippen LogP contribution >= 0.6 is 11.8 Å². The maximum Gasteiger partial charge on any atom is 0.230 e. The second kappa shape index (κ2) is 7.94. The molecule has 3 aromatic rings. The van der Waals surface area contributed by atoms with Crippen molar-refractivity contribution in [1.29, 1.82) is 0 Å².